The van der Waals surface area contributed by atoms with Crippen molar-refractivity contribution >= 4 is 11.6 Å². The van der Waals surface area contributed by atoms with E-state index in [-0.39, 0.29) is 5.91 Å². The molecule has 0 atom stereocenters. The van der Waals surface area contributed by atoms with Crippen molar-refractivity contribution in [3.63, 3.8) is 0 Å². The minimum absolute atomic E-state index is 0.133. The van der Waals surface area contributed by atoms with E-state index in [1.165, 1.54) is 0 Å². The Kier molecular flexibility index (Phi) is 5.85. The van der Waals surface area contributed by atoms with Gasteiger partial charge in [-0.15, -0.1) is 10.2 Å². The molecule has 0 saturated carbocycles. The zero-order valence-corrected chi connectivity index (χ0v) is 17.8. The van der Waals surface area contributed by atoms with Crippen LogP contribution in [0, 0.1) is 5.92 Å². The Morgan fingerprint density at radius 3 is 2.59 bits per heavy atom. The van der Waals surface area contributed by atoms with E-state index in [1.54, 1.807) is 0 Å². The molecule has 1 aromatic heterocycles. The molecule has 1 N–H and O–H groups in total. The monoisotopic (exact) mass is 396 g/mol. The fourth-order valence-corrected chi connectivity index (χ4v) is 4.45. The molecule has 1 saturated heterocycles. The van der Waals surface area contributed by atoms with Gasteiger partial charge in [-0.25, -0.2) is 0 Å². The number of amides is 1. The largest absolute Gasteiger partial charge is 0.374 e. The molecule has 29 heavy (non-hydrogen) atoms. The van der Waals surface area contributed by atoms with Crippen molar-refractivity contribution < 1.29 is 4.79 Å². The highest BCUT2D eigenvalue weighted by Crippen LogP contribution is 2.28. The van der Waals surface area contributed by atoms with Gasteiger partial charge < -0.3 is 19.7 Å². The van der Waals surface area contributed by atoms with Crippen LogP contribution in [-0.2, 0) is 13.1 Å². The summed E-state index contributed by atoms with van der Waals surface area (Å²) in [5.41, 5.74) is 1.93. The molecule has 2 aromatic rings. The summed E-state index contributed by atoms with van der Waals surface area (Å²) in [5, 5.41) is 12.1. The number of carbonyl (C=O) groups excluding carboxylic acids is 1. The Morgan fingerprint density at radius 2 is 1.90 bits per heavy atom. The normalized spacial score (nSPS) is 17.4. The standard InChI is InChI=1S/C22H32N6O/c1-16(2)15-26(3)19-6-4-18(5-7-19)22(29)27-11-8-17(9-12-27)21-25-24-20-14-23-10-13-28(20)21/h4-7,16-17,23H,8-15H2,1-3H3. The number of anilines is 1. The third kappa shape index (κ3) is 4.29. The number of likely N-dealkylation sites (tertiary alicyclic amines) is 1. The van der Waals surface area contributed by atoms with Crippen LogP contribution in [0.2, 0.25) is 0 Å². The van der Waals surface area contributed by atoms with Crippen LogP contribution in [0.15, 0.2) is 24.3 Å². The maximum atomic E-state index is 13.0. The van der Waals surface area contributed by atoms with Gasteiger partial charge in [0.15, 0.2) is 0 Å². The van der Waals surface area contributed by atoms with Crippen molar-refractivity contribution in [2.75, 3.05) is 38.1 Å². The number of nitrogens with zero attached hydrogens (tertiary/aromatic N) is 5. The van der Waals surface area contributed by atoms with Crippen LogP contribution in [0.3, 0.4) is 0 Å². The van der Waals surface area contributed by atoms with Crippen molar-refractivity contribution in [2.45, 2.75) is 45.7 Å². The zero-order chi connectivity index (χ0) is 20.4. The lowest BCUT2D eigenvalue weighted by molar-refractivity contribution is 0.0710. The third-order valence-electron chi connectivity index (χ3n) is 5.99. The van der Waals surface area contributed by atoms with E-state index in [0.717, 1.165) is 75.0 Å². The van der Waals surface area contributed by atoms with Crippen LogP contribution < -0.4 is 10.2 Å². The molecule has 7 nitrogen and oxygen atoms in total. The first kappa shape index (κ1) is 19.9. The van der Waals surface area contributed by atoms with E-state index >= 15 is 0 Å². The highest BCUT2D eigenvalue weighted by atomic mass is 16.2. The van der Waals surface area contributed by atoms with Gasteiger partial charge in [-0.1, -0.05) is 13.8 Å². The summed E-state index contributed by atoms with van der Waals surface area (Å²) in [4.78, 5) is 17.2. The van der Waals surface area contributed by atoms with Crippen molar-refractivity contribution in [1.29, 1.82) is 0 Å². The van der Waals surface area contributed by atoms with Crippen LogP contribution in [0.25, 0.3) is 0 Å². The molecule has 4 rings (SSSR count). The summed E-state index contributed by atoms with van der Waals surface area (Å²) >= 11 is 0. The lowest BCUT2D eigenvalue weighted by Crippen LogP contribution is -2.39. The molecule has 3 heterocycles. The fourth-order valence-electron chi connectivity index (χ4n) is 4.45. The Labute approximate surface area is 173 Å². The van der Waals surface area contributed by atoms with E-state index in [2.05, 4.69) is 58.0 Å². The molecule has 0 aliphatic carbocycles. The third-order valence-corrected chi connectivity index (χ3v) is 5.99. The quantitative estimate of drug-likeness (QED) is 0.841. The molecule has 0 unspecified atom stereocenters. The zero-order valence-electron chi connectivity index (χ0n) is 17.8. The van der Waals surface area contributed by atoms with Crippen LogP contribution in [0.5, 0.6) is 0 Å². The maximum absolute atomic E-state index is 13.0. The lowest BCUT2D eigenvalue weighted by Gasteiger charge is -2.32. The number of hydrogen-bond acceptors (Lipinski definition) is 5. The van der Waals surface area contributed by atoms with Gasteiger partial charge in [0.2, 0.25) is 0 Å². The topological polar surface area (TPSA) is 66.3 Å². The molecule has 156 valence electrons. The number of carbonyl (C=O) groups is 1. The lowest BCUT2D eigenvalue weighted by atomic mass is 9.95. The summed E-state index contributed by atoms with van der Waals surface area (Å²) in [5.74, 6) is 3.27. The molecule has 2 aliphatic rings. The van der Waals surface area contributed by atoms with Gasteiger partial charge >= 0.3 is 0 Å². The second-order valence-electron chi connectivity index (χ2n) is 8.69. The van der Waals surface area contributed by atoms with E-state index in [0.29, 0.717) is 11.8 Å². The molecule has 1 amide bonds. The smallest absolute Gasteiger partial charge is 0.253 e. The summed E-state index contributed by atoms with van der Waals surface area (Å²) in [7, 11) is 2.10. The van der Waals surface area contributed by atoms with Gasteiger partial charge in [0.25, 0.3) is 5.91 Å². The van der Waals surface area contributed by atoms with Gasteiger partial charge in [0.1, 0.15) is 11.6 Å². The van der Waals surface area contributed by atoms with E-state index in [1.807, 2.05) is 17.0 Å². The average molecular weight is 397 g/mol. The first-order valence-electron chi connectivity index (χ1n) is 10.8. The van der Waals surface area contributed by atoms with E-state index in [4.69, 9.17) is 0 Å². The Hall–Kier alpha value is -2.41. The predicted molar refractivity (Wildman–Crippen MR) is 114 cm³/mol. The molecule has 0 spiro atoms. The summed E-state index contributed by atoms with van der Waals surface area (Å²) < 4.78 is 2.27. The van der Waals surface area contributed by atoms with Crippen molar-refractivity contribution in [2.24, 2.45) is 5.92 Å². The average Bonchev–Trinajstić information content (AvgIpc) is 3.17. The highest BCUT2D eigenvalue weighted by molar-refractivity contribution is 5.94. The van der Waals surface area contributed by atoms with Crippen molar-refractivity contribution in [1.82, 2.24) is 25.0 Å². The van der Waals surface area contributed by atoms with Gasteiger partial charge in [-0.2, -0.15) is 0 Å². The number of aromatic nitrogens is 3. The second kappa shape index (κ2) is 8.53. The van der Waals surface area contributed by atoms with Crippen LogP contribution in [0.4, 0.5) is 5.69 Å². The Balaban J connectivity index is 1.36. The number of hydrogen-bond donors (Lipinski definition) is 1. The maximum Gasteiger partial charge on any atom is 0.253 e. The second-order valence-corrected chi connectivity index (χ2v) is 8.69. The molecule has 1 fully saturated rings. The minimum Gasteiger partial charge on any atom is -0.374 e. The van der Waals surface area contributed by atoms with Gasteiger partial charge in [0, 0.05) is 56.9 Å². The van der Waals surface area contributed by atoms with Crippen LogP contribution >= 0.6 is 0 Å². The molecule has 7 heteroatoms. The fraction of sp³-hybridized carbons (Fsp3) is 0.591. The van der Waals surface area contributed by atoms with Crippen LogP contribution in [-0.4, -0.2) is 58.8 Å². The number of piperidine rings is 1. The van der Waals surface area contributed by atoms with E-state index < -0.39 is 0 Å². The van der Waals surface area contributed by atoms with Gasteiger partial charge in [-0.3, -0.25) is 4.79 Å². The molecule has 0 bridgehead atoms. The first-order valence-corrected chi connectivity index (χ1v) is 10.8. The SMILES string of the molecule is CC(C)CN(C)c1ccc(C(=O)N2CCC(c3nnc4n3CCNC4)CC2)cc1. The number of nitrogens with one attached hydrogen (secondary N) is 1. The summed E-state index contributed by atoms with van der Waals surface area (Å²) in [6.07, 6.45) is 1.90. The molecule has 0 radical (unpaired) electrons. The number of benzene rings is 1. The van der Waals surface area contributed by atoms with Crippen LogP contribution in [0.1, 0.15) is 54.6 Å². The molecular formula is C22H32N6O. The van der Waals surface area contributed by atoms with Crippen molar-refractivity contribution in [3.8, 4) is 0 Å². The first-order chi connectivity index (χ1) is 14.0. The van der Waals surface area contributed by atoms with Gasteiger partial charge in [-0.05, 0) is 43.0 Å². The van der Waals surface area contributed by atoms with E-state index in [9.17, 15) is 4.79 Å². The summed E-state index contributed by atoms with van der Waals surface area (Å²) in [6.45, 7) is 9.69. The minimum atomic E-state index is 0.133. The molecule has 1 aromatic carbocycles. The predicted octanol–water partition coefficient (Wildman–Crippen LogP) is 2.49. The summed E-state index contributed by atoms with van der Waals surface area (Å²) in [6, 6.07) is 8.03. The molecular weight excluding hydrogens is 364 g/mol. The number of rotatable bonds is 5. The highest BCUT2D eigenvalue weighted by Gasteiger charge is 2.29. The molecule has 2 aliphatic heterocycles. The van der Waals surface area contributed by atoms with Gasteiger partial charge in [0.05, 0.1) is 6.54 Å². The van der Waals surface area contributed by atoms with Crippen molar-refractivity contribution in [3.05, 3.63) is 41.5 Å². The Morgan fingerprint density at radius 1 is 1.17 bits per heavy atom. The number of fused-ring (bicyclic) bond motifs is 1. The Bertz CT molecular complexity index is 835.